The number of hydrogen-bond donors (Lipinski definition) is 1. The Balaban J connectivity index is 1.75. The molecule has 1 amide bonds. The van der Waals surface area contributed by atoms with Crippen molar-refractivity contribution in [2.45, 2.75) is 50.5 Å². The minimum atomic E-state index is -0.149. The van der Waals surface area contributed by atoms with E-state index in [-0.39, 0.29) is 11.5 Å². The lowest BCUT2D eigenvalue weighted by atomic mass is 9.77. The predicted molar refractivity (Wildman–Crippen MR) is 84.1 cm³/mol. The van der Waals surface area contributed by atoms with Crippen LogP contribution in [0.1, 0.15) is 44.9 Å². The Morgan fingerprint density at radius 3 is 2.57 bits per heavy atom. The van der Waals surface area contributed by atoms with Crippen LogP contribution in [-0.4, -0.2) is 67.7 Å². The van der Waals surface area contributed by atoms with Gasteiger partial charge in [-0.2, -0.15) is 0 Å². The maximum Gasteiger partial charge on any atom is 0.225 e. The van der Waals surface area contributed by atoms with Gasteiger partial charge in [-0.1, -0.05) is 0 Å². The van der Waals surface area contributed by atoms with Crippen LogP contribution < -0.4 is 5.73 Å². The molecule has 0 spiro atoms. The minimum absolute atomic E-state index is 0.149. The minimum Gasteiger partial charge on any atom is -0.378 e. The first-order valence-electron chi connectivity index (χ1n) is 8.44. The van der Waals surface area contributed by atoms with Crippen LogP contribution >= 0.6 is 0 Å². The van der Waals surface area contributed by atoms with E-state index in [9.17, 15) is 4.79 Å². The van der Waals surface area contributed by atoms with Crippen LogP contribution in [0.4, 0.5) is 0 Å². The molecule has 122 valence electrons. The number of carbonyl (C=O) groups excluding carboxylic acids is 1. The number of methoxy groups -OCH3 is 1. The molecule has 1 aliphatic heterocycles. The van der Waals surface area contributed by atoms with Gasteiger partial charge in [-0.15, -0.1) is 0 Å². The Morgan fingerprint density at radius 1 is 1.14 bits per heavy atom. The van der Waals surface area contributed by atoms with Gasteiger partial charge in [-0.3, -0.25) is 4.79 Å². The zero-order valence-electron chi connectivity index (χ0n) is 13.5. The van der Waals surface area contributed by atoms with Crippen LogP contribution in [0, 0.1) is 0 Å². The second-order valence-corrected chi connectivity index (χ2v) is 6.49. The van der Waals surface area contributed by atoms with Gasteiger partial charge in [0.15, 0.2) is 0 Å². The van der Waals surface area contributed by atoms with Crippen molar-refractivity contribution in [2.24, 2.45) is 5.73 Å². The molecule has 5 heteroatoms. The van der Waals surface area contributed by atoms with E-state index in [4.69, 9.17) is 10.5 Å². The first-order valence-corrected chi connectivity index (χ1v) is 8.44. The summed E-state index contributed by atoms with van der Waals surface area (Å²) in [5, 5.41) is 0. The Morgan fingerprint density at radius 2 is 1.95 bits per heavy atom. The fourth-order valence-electron chi connectivity index (χ4n) is 3.34. The lowest BCUT2D eigenvalue weighted by Crippen LogP contribution is -2.46. The van der Waals surface area contributed by atoms with E-state index in [1.165, 1.54) is 6.42 Å². The Kier molecular flexibility index (Phi) is 6.45. The summed E-state index contributed by atoms with van der Waals surface area (Å²) in [5.74, 6) is 0.278. The van der Waals surface area contributed by atoms with Crippen LogP contribution in [0.5, 0.6) is 0 Å². The average molecular weight is 297 g/mol. The molecule has 0 radical (unpaired) electrons. The summed E-state index contributed by atoms with van der Waals surface area (Å²) in [7, 11) is 1.74. The zero-order valence-corrected chi connectivity index (χ0v) is 13.5. The van der Waals surface area contributed by atoms with Crippen LogP contribution in [-0.2, 0) is 9.53 Å². The number of nitrogens with zero attached hydrogens (tertiary/aromatic N) is 2. The molecule has 5 nitrogen and oxygen atoms in total. The number of rotatable bonds is 7. The summed E-state index contributed by atoms with van der Waals surface area (Å²) < 4.78 is 5.58. The number of ether oxygens (including phenoxy) is 1. The number of nitrogens with two attached hydrogens (primary N) is 1. The molecule has 1 heterocycles. The van der Waals surface area contributed by atoms with Crippen LogP contribution in [0.2, 0.25) is 0 Å². The van der Waals surface area contributed by atoms with Gasteiger partial charge in [0.1, 0.15) is 0 Å². The number of carbonyl (C=O) groups is 1. The maximum atomic E-state index is 12.5. The highest BCUT2D eigenvalue weighted by molar-refractivity contribution is 5.77. The van der Waals surface area contributed by atoms with Gasteiger partial charge < -0.3 is 20.3 Å². The van der Waals surface area contributed by atoms with Crippen molar-refractivity contribution >= 4 is 5.91 Å². The highest BCUT2D eigenvalue weighted by atomic mass is 16.5. The van der Waals surface area contributed by atoms with E-state index in [0.29, 0.717) is 6.42 Å². The molecule has 2 fully saturated rings. The summed E-state index contributed by atoms with van der Waals surface area (Å²) in [6, 6.07) is 0. The quantitative estimate of drug-likeness (QED) is 0.718. The van der Waals surface area contributed by atoms with Crippen molar-refractivity contribution in [1.29, 1.82) is 0 Å². The number of unbranched alkanes of at least 4 members (excludes halogenated alkanes) is 1. The van der Waals surface area contributed by atoms with Crippen molar-refractivity contribution in [3.8, 4) is 0 Å². The standard InChI is InChI=1S/C16H31N3O2/c1-21-16(6-4-7-16)14-15(20)19-11-5-10-18(12-13-19)9-3-2-8-17/h2-14,17H2,1H3. The topological polar surface area (TPSA) is 58.8 Å². The first-order chi connectivity index (χ1) is 10.2. The van der Waals surface area contributed by atoms with E-state index in [0.717, 1.165) is 71.4 Å². The van der Waals surface area contributed by atoms with Gasteiger partial charge >= 0.3 is 0 Å². The Bertz CT molecular complexity index is 326. The van der Waals surface area contributed by atoms with Crippen molar-refractivity contribution in [3.05, 3.63) is 0 Å². The van der Waals surface area contributed by atoms with E-state index in [1.807, 2.05) is 4.90 Å². The van der Waals surface area contributed by atoms with Crippen LogP contribution in [0.25, 0.3) is 0 Å². The lowest BCUT2D eigenvalue weighted by Gasteiger charge is -2.41. The van der Waals surface area contributed by atoms with Crippen molar-refractivity contribution in [1.82, 2.24) is 9.80 Å². The van der Waals surface area contributed by atoms with E-state index in [1.54, 1.807) is 7.11 Å². The van der Waals surface area contributed by atoms with E-state index < -0.39 is 0 Å². The summed E-state index contributed by atoms with van der Waals surface area (Å²) >= 11 is 0. The third-order valence-corrected chi connectivity index (χ3v) is 5.04. The van der Waals surface area contributed by atoms with E-state index >= 15 is 0 Å². The lowest BCUT2D eigenvalue weighted by molar-refractivity contribution is -0.144. The summed E-state index contributed by atoms with van der Waals surface area (Å²) in [6.45, 7) is 5.74. The second kappa shape index (κ2) is 8.11. The second-order valence-electron chi connectivity index (χ2n) is 6.49. The SMILES string of the molecule is COC1(CC(=O)N2CCCN(CCCCN)CC2)CCC1. The van der Waals surface area contributed by atoms with Gasteiger partial charge in [0.2, 0.25) is 5.91 Å². The molecule has 2 aliphatic rings. The highest BCUT2D eigenvalue weighted by Gasteiger charge is 2.40. The van der Waals surface area contributed by atoms with Crippen LogP contribution in [0.3, 0.4) is 0 Å². The normalized spacial score (nSPS) is 22.7. The smallest absolute Gasteiger partial charge is 0.225 e. The van der Waals surface area contributed by atoms with Crippen molar-refractivity contribution in [2.75, 3.05) is 46.4 Å². The monoisotopic (exact) mass is 297 g/mol. The molecular formula is C16H31N3O2. The van der Waals surface area contributed by atoms with Crippen LogP contribution in [0.15, 0.2) is 0 Å². The Labute approximate surface area is 128 Å². The largest absolute Gasteiger partial charge is 0.378 e. The number of amides is 1. The first kappa shape index (κ1) is 16.7. The van der Waals surface area contributed by atoms with Crippen molar-refractivity contribution < 1.29 is 9.53 Å². The maximum absolute atomic E-state index is 12.5. The number of hydrogen-bond acceptors (Lipinski definition) is 4. The fourth-order valence-corrected chi connectivity index (χ4v) is 3.34. The molecule has 0 aromatic carbocycles. The van der Waals surface area contributed by atoms with Gasteiger partial charge in [0.05, 0.1) is 12.0 Å². The third kappa shape index (κ3) is 4.66. The molecule has 0 bridgehead atoms. The fraction of sp³-hybridized carbons (Fsp3) is 0.938. The van der Waals surface area contributed by atoms with E-state index in [2.05, 4.69) is 4.90 Å². The Hall–Kier alpha value is -0.650. The molecule has 1 saturated carbocycles. The molecule has 1 saturated heterocycles. The zero-order chi connectivity index (χ0) is 15.1. The molecule has 1 aliphatic carbocycles. The molecule has 0 unspecified atom stereocenters. The molecule has 2 rings (SSSR count). The highest BCUT2D eigenvalue weighted by Crippen LogP contribution is 2.38. The third-order valence-electron chi connectivity index (χ3n) is 5.04. The summed E-state index contributed by atoms with van der Waals surface area (Å²) in [5.41, 5.74) is 5.40. The average Bonchev–Trinajstić information content (AvgIpc) is 2.69. The molecule has 0 aromatic heterocycles. The van der Waals surface area contributed by atoms with Gasteiger partial charge in [0.25, 0.3) is 0 Å². The predicted octanol–water partition coefficient (Wildman–Crippen LogP) is 1.22. The molecule has 2 N–H and O–H groups in total. The molecule has 0 atom stereocenters. The molecular weight excluding hydrogens is 266 g/mol. The molecule has 21 heavy (non-hydrogen) atoms. The van der Waals surface area contributed by atoms with Gasteiger partial charge in [0, 0.05) is 26.7 Å². The summed E-state index contributed by atoms with van der Waals surface area (Å²) in [4.78, 5) is 17.0. The van der Waals surface area contributed by atoms with Crippen molar-refractivity contribution in [3.63, 3.8) is 0 Å². The molecule has 0 aromatic rings. The summed E-state index contributed by atoms with van der Waals surface area (Å²) in [6.07, 6.45) is 7.16. The van der Waals surface area contributed by atoms with Gasteiger partial charge in [-0.25, -0.2) is 0 Å². The van der Waals surface area contributed by atoms with Gasteiger partial charge in [-0.05, 0) is 58.2 Å².